The third-order valence-corrected chi connectivity index (χ3v) is 3.19. The number of imidazole rings is 1. The third-order valence-electron chi connectivity index (χ3n) is 3.19. The van der Waals surface area contributed by atoms with Crippen molar-refractivity contribution in [1.82, 2.24) is 19.5 Å². The number of primary amides is 2. The molecule has 0 aliphatic heterocycles. The largest absolute Gasteiger partial charge is 0.364 e. The van der Waals surface area contributed by atoms with Crippen LogP contribution in [0.15, 0.2) is 49.1 Å². The minimum atomic E-state index is -0.610. The molecule has 0 aliphatic rings. The molecule has 3 rings (SSSR count). The van der Waals surface area contributed by atoms with Crippen molar-refractivity contribution in [2.24, 2.45) is 11.5 Å². The molecule has 0 aliphatic carbocycles. The third kappa shape index (κ3) is 2.77. The Morgan fingerprint density at radius 2 is 1.70 bits per heavy atom. The van der Waals surface area contributed by atoms with E-state index in [0.717, 1.165) is 0 Å². The van der Waals surface area contributed by atoms with E-state index >= 15 is 0 Å². The maximum atomic E-state index is 11.3. The molecule has 4 N–H and O–H groups in total. The number of rotatable bonds is 4. The van der Waals surface area contributed by atoms with Gasteiger partial charge in [-0.1, -0.05) is 0 Å². The summed E-state index contributed by atoms with van der Waals surface area (Å²) in [5, 5.41) is 0. The molecule has 2 amide bonds. The standard InChI is InChI=1S/C15H12N6O2/c16-13(22)11-2-1-9(8-20-11)15-19-5-6-21(15)10-3-4-18-12(7-10)14(17)23/h1-8H,(H2,16,22)(H2,17,23). The second-order valence-electron chi connectivity index (χ2n) is 4.68. The molecule has 0 aromatic carbocycles. The van der Waals surface area contributed by atoms with Gasteiger partial charge in [-0.2, -0.15) is 0 Å². The Kier molecular flexibility index (Phi) is 3.55. The molecular weight excluding hydrogens is 296 g/mol. The van der Waals surface area contributed by atoms with Gasteiger partial charge in [0, 0.05) is 30.4 Å². The lowest BCUT2D eigenvalue weighted by atomic mass is 10.2. The Hall–Kier alpha value is -3.55. The van der Waals surface area contributed by atoms with Crippen LogP contribution in [0.1, 0.15) is 21.0 Å². The summed E-state index contributed by atoms with van der Waals surface area (Å²) in [7, 11) is 0. The Morgan fingerprint density at radius 3 is 2.35 bits per heavy atom. The van der Waals surface area contributed by atoms with Crippen LogP contribution in [0.5, 0.6) is 0 Å². The molecule has 0 fully saturated rings. The van der Waals surface area contributed by atoms with E-state index in [1.54, 1.807) is 35.2 Å². The number of amides is 2. The summed E-state index contributed by atoms with van der Waals surface area (Å²) < 4.78 is 1.76. The number of carbonyl (C=O) groups excluding carboxylic acids is 2. The van der Waals surface area contributed by atoms with Crippen LogP contribution in [0, 0.1) is 0 Å². The second kappa shape index (κ2) is 5.68. The van der Waals surface area contributed by atoms with Crippen LogP contribution >= 0.6 is 0 Å². The van der Waals surface area contributed by atoms with E-state index in [9.17, 15) is 9.59 Å². The smallest absolute Gasteiger partial charge is 0.267 e. The first-order valence-corrected chi connectivity index (χ1v) is 6.62. The average molecular weight is 308 g/mol. The van der Waals surface area contributed by atoms with Gasteiger partial charge in [0.1, 0.15) is 17.2 Å². The maximum Gasteiger partial charge on any atom is 0.267 e. The number of aromatic nitrogens is 4. The van der Waals surface area contributed by atoms with Crippen LogP contribution < -0.4 is 11.5 Å². The van der Waals surface area contributed by atoms with Gasteiger partial charge in [0.25, 0.3) is 11.8 Å². The van der Waals surface area contributed by atoms with Crippen molar-refractivity contribution in [3.05, 3.63) is 60.4 Å². The quantitative estimate of drug-likeness (QED) is 0.726. The topological polar surface area (TPSA) is 130 Å². The highest BCUT2D eigenvalue weighted by Crippen LogP contribution is 2.21. The molecule has 0 bridgehead atoms. The molecule has 8 nitrogen and oxygen atoms in total. The zero-order chi connectivity index (χ0) is 16.4. The average Bonchev–Trinajstić information content (AvgIpc) is 3.04. The predicted octanol–water partition coefficient (Wildman–Crippen LogP) is 0.527. The summed E-state index contributed by atoms with van der Waals surface area (Å²) >= 11 is 0. The summed E-state index contributed by atoms with van der Waals surface area (Å²) in [6, 6.07) is 6.52. The second-order valence-corrected chi connectivity index (χ2v) is 4.68. The lowest BCUT2D eigenvalue weighted by molar-refractivity contribution is 0.0987. The van der Waals surface area contributed by atoms with Gasteiger partial charge in [-0.3, -0.25) is 24.1 Å². The molecule has 0 atom stereocenters. The highest BCUT2D eigenvalue weighted by Gasteiger charge is 2.11. The molecule has 0 spiro atoms. The van der Waals surface area contributed by atoms with E-state index in [0.29, 0.717) is 17.1 Å². The number of hydrogen-bond donors (Lipinski definition) is 2. The van der Waals surface area contributed by atoms with Gasteiger partial charge < -0.3 is 11.5 Å². The van der Waals surface area contributed by atoms with E-state index in [-0.39, 0.29) is 11.4 Å². The van der Waals surface area contributed by atoms with E-state index in [1.165, 1.54) is 18.5 Å². The van der Waals surface area contributed by atoms with Crippen LogP contribution in [0.2, 0.25) is 0 Å². The normalized spacial score (nSPS) is 10.4. The summed E-state index contributed by atoms with van der Waals surface area (Å²) in [4.78, 5) is 34.5. The van der Waals surface area contributed by atoms with Crippen molar-refractivity contribution in [2.75, 3.05) is 0 Å². The summed E-state index contributed by atoms with van der Waals surface area (Å²) in [6.07, 6.45) is 6.35. The van der Waals surface area contributed by atoms with E-state index in [1.807, 2.05) is 0 Å². The summed E-state index contributed by atoms with van der Waals surface area (Å²) in [5.41, 5.74) is 12.1. The number of pyridine rings is 2. The highest BCUT2D eigenvalue weighted by atomic mass is 16.1. The Bertz CT molecular complexity index is 885. The fourth-order valence-corrected chi connectivity index (χ4v) is 2.10. The van der Waals surface area contributed by atoms with Crippen LogP contribution in [-0.2, 0) is 0 Å². The van der Waals surface area contributed by atoms with Crippen LogP contribution in [0.25, 0.3) is 17.1 Å². The fraction of sp³-hybridized carbons (Fsp3) is 0. The van der Waals surface area contributed by atoms with Crippen LogP contribution in [0.3, 0.4) is 0 Å². The maximum absolute atomic E-state index is 11.3. The van der Waals surface area contributed by atoms with E-state index in [4.69, 9.17) is 11.5 Å². The van der Waals surface area contributed by atoms with Crippen LogP contribution in [0.4, 0.5) is 0 Å². The van der Waals surface area contributed by atoms with Gasteiger partial charge in [-0.05, 0) is 24.3 Å². The molecule has 0 saturated heterocycles. The first-order chi connectivity index (χ1) is 11.1. The first-order valence-electron chi connectivity index (χ1n) is 6.62. The Balaban J connectivity index is 2.04. The monoisotopic (exact) mass is 308 g/mol. The molecule has 0 radical (unpaired) electrons. The number of hydrogen-bond acceptors (Lipinski definition) is 5. The van der Waals surface area contributed by atoms with Gasteiger partial charge in [-0.15, -0.1) is 0 Å². The number of nitrogens with zero attached hydrogens (tertiary/aromatic N) is 4. The van der Waals surface area contributed by atoms with E-state index < -0.39 is 11.8 Å². The van der Waals surface area contributed by atoms with Crippen molar-refractivity contribution < 1.29 is 9.59 Å². The molecular formula is C15H12N6O2. The number of carbonyl (C=O) groups is 2. The summed E-state index contributed by atoms with van der Waals surface area (Å²) in [6.45, 7) is 0. The van der Waals surface area contributed by atoms with E-state index in [2.05, 4.69) is 15.0 Å². The van der Waals surface area contributed by atoms with Crippen molar-refractivity contribution in [3.8, 4) is 17.1 Å². The van der Waals surface area contributed by atoms with Crippen molar-refractivity contribution >= 4 is 11.8 Å². The van der Waals surface area contributed by atoms with Gasteiger partial charge in [-0.25, -0.2) is 4.98 Å². The van der Waals surface area contributed by atoms with Crippen molar-refractivity contribution in [3.63, 3.8) is 0 Å². The van der Waals surface area contributed by atoms with Gasteiger partial charge >= 0.3 is 0 Å². The van der Waals surface area contributed by atoms with Gasteiger partial charge in [0.15, 0.2) is 0 Å². The minimum Gasteiger partial charge on any atom is -0.364 e. The molecule has 3 heterocycles. The van der Waals surface area contributed by atoms with Crippen molar-refractivity contribution in [1.29, 1.82) is 0 Å². The van der Waals surface area contributed by atoms with Gasteiger partial charge in [0.2, 0.25) is 0 Å². The van der Waals surface area contributed by atoms with Crippen molar-refractivity contribution in [2.45, 2.75) is 0 Å². The molecule has 3 aromatic heterocycles. The zero-order valence-corrected chi connectivity index (χ0v) is 11.9. The van der Waals surface area contributed by atoms with Crippen LogP contribution in [-0.4, -0.2) is 31.3 Å². The Labute approximate surface area is 130 Å². The fourth-order valence-electron chi connectivity index (χ4n) is 2.10. The molecule has 8 heteroatoms. The minimum absolute atomic E-state index is 0.157. The first kappa shape index (κ1) is 14.4. The highest BCUT2D eigenvalue weighted by molar-refractivity contribution is 5.91. The summed E-state index contributed by atoms with van der Waals surface area (Å²) in [5.74, 6) is -0.615. The Morgan fingerprint density at radius 1 is 0.913 bits per heavy atom. The molecule has 114 valence electrons. The zero-order valence-electron chi connectivity index (χ0n) is 11.9. The SMILES string of the molecule is NC(=O)c1ccc(-c2nccn2-c2ccnc(C(N)=O)c2)cn1. The lowest BCUT2D eigenvalue weighted by Crippen LogP contribution is -2.13. The predicted molar refractivity (Wildman–Crippen MR) is 81.6 cm³/mol. The molecule has 3 aromatic rings. The number of nitrogens with two attached hydrogens (primary N) is 2. The molecule has 23 heavy (non-hydrogen) atoms. The van der Waals surface area contributed by atoms with Gasteiger partial charge in [0.05, 0.1) is 5.69 Å². The molecule has 0 saturated carbocycles. The lowest BCUT2D eigenvalue weighted by Gasteiger charge is -2.08. The molecule has 0 unspecified atom stereocenters.